The Morgan fingerprint density at radius 1 is 0.925 bits per heavy atom. The van der Waals surface area contributed by atoms with Crippen LogP contribution >= 0.6 is 46.4 Å². The lowest BCUT2D eigenvalue weighted by Gasteiger charge is -2.32. The SMILES string of the molecule is CCCCNC(=O)C(C)N(Cc1ccc(Cl)cc1Cl)C(=O)CN(c1cccc(Cl)c1Cl)S(=O)(=O)c1ccccc1. The highest BCUT2D eigenvalue weighted by Crippen LogP contribution is 2.35. The fourth-order valence-corrected chi connectivity index (χ4v) is 6.23. The van der Waals surface area contributed by atoms with Crippen LogP contribution in [-0.4, -0.2) is 44.3 Å². The Morgan fingerprint density at radius 3 is 2.27 bits per heavy atom. The number of nitrogens with one attached hydrogen (secondary N) is 1. The third-order valence-electron chi connectivity index (χ3n) is 6.16. The van der Waals surface area contributed by atoms with Gasteiger partial charge in [-0.1, -0.05) is 90.1 Å². The lowest BCUT2D eigenvalue weighted by atomic mass is 10.1. The molecule has 12 heteroatoms. The molecule has 0 aliphatic heterocycles. The molecule has 7 nitrogen and oxygen atoms in total. The molecule has 0 spiro atoms. The van der Waals surface area contributed by atoms with Crippen molar-refractivity contribution in [2.24, 2.45) is 0 Å². The number of hydrogen-bond donors (Lipinski definition) is 1. The van der Waals surface area contributed by atoms with Crippen molar-refractivity contribution in [2.75, 3.05) is 17.4 Å². The van der Waals surface area contributed by atoms with Crippen LogP contribution in [0.2, 0.25) is 20.1 Å². The van der Waals surface area contributed by atoms with Gasteiger partial charge in [-0.2, -0.15) is 0 Å². The molecule has 0 saturated carbocycles. The van der Waals surface area contributed by atoms with E-state index in [9.17, 15) is 18.0 Å². The Hall–Kier alpha value is -2.49. The van der Waals surface area contributed by atoms with Gasteiger partial charge in [0.15, 0.2) is 0 Å². The number of amides is 2. The molecule has 2 amide bonds. The summed E-state index contributed by atoms with van der Waals surface area (Å²) in [5.41, 5.74) is 0.557. The fourth-order valence-electron chi connectivity index (χ4n) is 3.87. The molecule has 1 N–H and O–H groups in total. The van der Waals surface area contributed by atoms with Crippen LogP contribution < -0.4 is 9.62 Å². The molecule has 1 unspecified atom stereocenters. The van der Waals surface area contributed by atoms with Gasteiger partial charge in [-0.15, -0.1) is 0 Å². The molecule has 40 heavy (non-hydrogen) atoms. The summed E-state index contributed by atoms with van der Waals surface area (Å²) in [6.07, 6.45) is 1.65. The van der Waals surface area contributed by atoms with E-state index in [-0.39, 0.29) is 33.1 Å². The highest BCUT2D eigenvalue weighted by atomic mass is 35.5. The summed E-state index contributed by atoms with van der Waals surface area (Å²) in [7, 11) is -4.27. The van der Waals surface area contributed by atoms with E-state index in [2.05, 4.69) is 5.32 Å². The maximum absolute atomic E-state index is 14.0. The Labute approximate surface area is 255 Å². The summed E-state index contributed by atoms with van der Waals surface area (Å²) in [5.74, 6) is -1.04. The topological polar surface area (TPSA) is 86.8 Å². The van der Waals surface area contributed by atoms with Crippen molar-refractivity contribution in [3.63, 3.8) is 0 Å². The zero-order chi connectivity index (χ0) is 29.4. The van der Waals surface area contributed by atoms with Crippen molar-refractivity contribution >= 4 is 73.9 Å². The van der Waals surface area contributed by atoms with Crippen LogP contribution in [0.3, 0.4) is 0 Å². The lowest BCUT2D eigenvalue weighted by molar-refractivity contribution is -0.139. The van der Waals surface area contributed by atoms with E-state index >= 15 is 0 Å². The van der Waals surface area contributed by atoms with E-state index < -0.39 is 28.5 Å². The minimum atomic E-state index is -4.27. The number of carbonyl (C=O) groups is 2. The molecule has 0 fully saturated rings. The summed E-state index contributed by atoms with van der Waals surface area (Å²) in [4.78, 5) is 28.2. The number of rotatable bonds is 12. The first-order chi connectivity index (χ1) is 19.0. The molecule has 3 aromatic rings. The monoisotopic (exact) mass is 643 g/mol. The van der Waals surface area contributed by atoms with Crippen molar-refractivity contribution in [3.05, 3.63) is 92.4 Å². The third kappa shape index (κ3) is 7.83. The number of unbranched alkanes of at least 4 members (excludes halogenated alkanes) is 1. The van der Waals surface area contributed by atoms with E-state index in [0.29, 0.717) is 22.2 Å². The molecular formula is C28H29Cl4N3O4S. The second-order valence-electron chi connectivity index (χ2n) is 8.98. The van der Waals surface area contributed by atoms with E-state index in [0.717, 1.165) is 17.1 Å². The number of hydrogen-bond acceptors (Lipinski definition) is 4. The van der Waals surface area contributed by atoms with Crippen LogP contribution in [-0.2, 0) is 26.2 Å². The summed E-state index contributed by atoms with van der Waals surface area (Å²) in [5, 5.41) is 3.63. The number of carbonyl (C=O) groups excluding carboxylic acids is 2. The van der Waals surface area contributed by atoms with Gasteiger partial charge in [-0.25, -0.2) is 8.42 Å². The molecule has 0 aliphatic carbocycles. The maximum Gasteiger partial charge on any atom is 0.264 e. The first-order valence-electron chi connectivity index (χ1n) is 12.5. The van der Waals surface area contributed by atoms with Crippen molar-refractivity contribution in [3.8, 4) is 0 Å². The Morgan fingerprint density at radius 2 is 1.62 bits per heavy atom. The lowest BCUT2D eigenvalue weighted by Crippen LogP contribution is -2.51. The number of nitrogens with zero attached hydrogens (tertiary/aromatic N) is 2. The summed E-state index contributed by atoms with van der Waals surface area (Å²) >= 11 is 25.1. The van der Waals surface area contributed by atoms with Gasteiger partial charge in [0.05, 0.1) is 20.6 Å². The molecule has 0 heterocycles. The van der Waals surface area contributed by atoms with E-state index in [1.807, 2.05) is 6.92 Å². The zero-order valence-electron chi connectivity index (χ0n) is 21.9. The van der Waals surface area contributed by atoms with Crippen LogP contribution in [0.25, 0.3) is 0 Å². The van der Waals surface area contributed by atoms with E-state index in [4.69, 9.17) is 46.4 Å². The fraction of sp³-hybridized carbons (Fsp3) is 0.286. The Balaban J connectivity index is 2.05. The van der Waals surface area contributed by atoms with Gasteiger partial charge in [0.25, 0.3) is 10.0 Å². The quantitative estimate of drug-likeness (QED) is 0.219. The molecule has 0 saturated heterocycles. The number of anilines is 1. The Bertz CT molecular complexity index is 1460. The van der Waals surface area contributed by atoms with Crippen molar-refractivity contribution < 1.29 is 18.0 Å². The number of benzene rings is 3. The van der Waals surface area contributed by atoms with Crippen LogP contribution in [0.4, 0.5) is 5.69 Å². The minimum Gasteiger partial charge on any atom is -0.354 e. The van der Waals surface area contributed by atoms with Gasteiger partial charge in [0.2, 0.25) is 11.8 Å². The third-order valence-corrected chi connectivity index (χ3v) is 9.33. The molecule has 0 bridgehead atoms. The predicted octanol–water partition coefficient (Wildman–Crippen LogP) is 6.83. The van der Waals surface area contributed by atoms with E-state index in [1.165, 1.54) is 41.3 Å². The summed E-state index contributed by atoms with van der Waals surface area (Å²) in [6, 6.07) is 16.0. The maximum atomic E-state index is 14.0. The molecule has 0 radical (unpaired) electrons. The highest BCUT2D eigenvalue weighted by Gasteiger charge is 2.33. The largest absolute Gasteiger partial charge is 0.354 e. The average molecular weight is 645 g/mol. The first kappa shape index (κ1) is 32.0. The molecule has 214 valence electrons. The smallest absolute Gasteiger partial charge is 0.264 e. The second-order valence-corrected chi connectivity index (χ2v) is 12.5. The highest BCUT2D eigenvalue weighted by molar-refractivity contribution is 7.92. The second kappa shape index (κ2) is 14.4. The predicted molar refractivity (Wildman–Crippen MR) is 162 cm³/mol. The number of halogens is 4. The van der Waals surface area contributed by atoms with E-state index in [1.54, 1.807) is 37.3 Å². The summed E-state index contributed by atoms with van der Waals surface area (Å²) in [6.45, 7) is 3.28. The molecule has 3 rings (SSSR count). The standard InChI is InChI=1S/C28H29Cl4N3O4S/c1-3-4-15-33-28(37)19(2)34(17-20-13-14-21(29)16-24(20)31)26(36)18-35(25-12-8-11-23(30)27(25)32)40(38,39)22-9-6-5-7-10-22/h5-14,16,19H,3-4,15,17-18H2,1-2H3,(H,33,37). The zero-order valence-corrected chi connectivity index (χ0v) is 25.8. The van der Waals surface area contributed by atoms with Crippen LogP contribution in [0, 0.1) is 0 Å². The minimum absolute atomic E-state index is 0.0240. The van der Waals surface area contributed by atoms with Gasteiger partial charge < -0.3 is 10.2 Å². The van der Waals surface area contributed by atoms with Crippen LogP contribution in [0.15, 0.2) is 71.6 Å². The Kier molecular flexibility index (Phi) is 11.5. The van der Waals surface area contributed by atoms with Crippen LogP contribution in [0.5, 0.6) is 0 Å². The van der Waals surface area contributed by atoms with Crippen molar-refractivity contribution in [2.45, 2.75) is 44.2 Å². The van der Waals surface area contributed by atoms with Crippen molar-refractivity contribution in [1.82, 2.24) is 10.2 Å². The van der Waals surface area contributed by atoms with Crippen molar-refractivity contribution in [1.29, 1.82) is 0 Å². The van der Waals surface area contributed by atoms with Gasteiger partial charge in [0, 0.05) is 23.1 Å². The number of sulfonamides is 1. The molecule has 1 atom stereocenters. The van der Waals surface area contributed by atoms with Gasteiger partial charge in [-0.05, 0) is 55.3 Å². The van der Waals surface area contributed by atoms with Gasteiger partial charge in [0.1, 0.15) is 12.6 Å². The first-order valence-corrected chi connectivity index (χ1v) is 15.5. The summed E-state index contributed by atoms with van der Waals surface area (Å²) < 4.78 is 28.5. The van der Waals surface area contributed by atoms with Crippen LogP contribution in [0.1, 0.15) is 32.3 Å². The molecule has 3 aromatic carbocycles. The molecular weight excluding hydrogens is 616 g/mol. The molecule has 0 aliphatic rings. The van der Waals surface area contributed by atoms with Gasteiger partial charge in [-0.3, -0.25) is 13.9 Å². The normalized spacial score (nSPS) is 12.1. The average Bonchev–Trinajstić information content (AvgIpc) is 2.93. The van der Waals surface area contributed by atoms with Gasteiger partial charge >= 0.3 is 0 Å². The molecule has 0 aromatic heterocycles.